The number of benzene rings is 2. The smallest absolute Gasteiger partial charge is 0.336 e. The highest BCUT2D eigenvalue weighted by Gasteiger charge is 2.19. The van der Waals surface area contributed by atoms with Crippen LogP contribution < -0.4 is 26.0 Å². The van der Waals surface area contributed by atoms with Crippen LogP contribution in [0, 0.1) is 0 Å². The summed E-state index contributed by atoms with van der Waals surface area (Å²) >= 11 is 0. The molecule has 0 fully saturated rings. The summed E-state index contributed by atoms with van der Waals surface area (Å²) in [5.74, 6) is 0.528. The quantitative estimate of drug-likeness (QED) is 0.643. The summed E-state index contributed by atoms with van der Waals surface area (Å²) in [4.78, 5) is 39.1. The lowest BCUT2D eigenvalue weighted by Crippen LogP contribution is -2.43. The summed E-state index contributed by atoms with van der Waals surface area (Å²) in [7, 11) is 2.96. The zero-order chi connectivity index (χ0) is 21.8. The van der Waals surface area contributed by atoms with Gasteiger partial charge in [0.05, 0.1) is 30.8 Å². The minimum atomic E-state index is -0.624. The van der Waals surface area contributed by atoms with Crippen LogP contribution in [-0.4, -0.2) is 35.3 Å². The molecule has 0 aliphatic rings. The zero-order valence-corrected chi connectivity index (χ0v) is 17.5. The van der Waals surface area contributed by atoms with Crippen LogP contribution in [-0.2, 0) is 11.3 Å². The first kappa shape index (κ1) is 21.2. The lowest BCUT2D eigenvalue weighted by molar-refractivity contribution is -0.122. The van der Waals surface area contributed by atoms with E-state index in [1.165, 1.54) is 18.8 Å². The molecular formula is C22H25N3O5. The third kappa shape index (κ3) is 3.94. The number of ether oxygens (including phenoxy) is 2. The number of carbonyl (C=O) groups is 1. The van der Waals surface area contributed by atoms with Gasteiger partial charge in [0, 0.05) is 12.1 Å². The van der Waals surface area contributed by atoms with Gasteiger partial charge in [-0.2, -0.15) is 0 Å². The van der Waals surface area contributed by atoms with Crippen molar-refractivity contribution in [3.63, 3.8) is 0 Å². The number of nitrogens with one attached hydrogen (secondary N) is 1. The van der Waals surface area contributed by atoms with Crippen molar-refractivity contribution >= 4 is 16.8 Å². The summed E-state index contributed by atoms with van der Waals surface area (Å²) < 4.78 is 12.9. The maximum Gasteiger partial charge on any atom is 0.336 e. The molecule has 3 rings (SSSR count). The van der Waals surface area contributed by atoms with Gasteiger partial charge < -0.3 is 14.8 Å². The van der Waals surface area contributed by atoms with Gasteiger partial charge in [0.25, 0.3) is 5.56 Å². The largest absolute Gasteiger partial charge is 0.497 e. The van der Waals surface area contributed by atoms with Crippen molar-refractivity contribution in [2.45, 2.75) is 32.9 Å². The summed E-state index contributed by atoms with van der Waals surface area (Å²) in [6.07, 6.45) is 0.768. The first-order valence-electron chi connectivity index (χ1n) is 9.67. The molecule has 1 heterocycles. The van der Waals surface area contributed by atoms with Crippen molar-refractivity contribution in [1.29, 1.82) is 0 Å². The van der Waals surface area contributed by atoms with E-state index in [9.17, 15) is 14.4 Å². The Kier molecular flexibility index (Phi) is 6.25. The molecule has 0 aliphatic heterocycles. The highest BCUT2D eigenvalue weighted by Crippen LogP contribution is 2.26. The first-order chi connectivity index (χ1) is 14.4. The summed E-state index contributed by atoms with van der Waals surface area (Å²) in [6, 6.07) is 11.5. The van der Waals surface area contributed by atoms with E-state index in [2.05, 4.69) is 5.32 Å². The maximum absolute atomic E-state index is 13.4. The fourth-order valence-corrected chi connectivity index (χ4v) is 3.22. The number of hydrogen-bond acceptors (Lipinski definition) is 5. The molecule has 3 aromatic rings. The molecule has 1 amide bonds. The lowest BCUT2D eigenvalue weighted by Gasteiger charge is -2.17. The number of fused-ring (bicyclic) bond motifs is 1. The minimum absolute atomic E-state index is 0.0212. The molecule has 0 saturated heterocycles. The second kappa shape index (κ2) is 8.86. The van der Waals surface area contributed by atoms with Crippen LogP contribution in [0.4, 0.5) is 0 Å². The second-order valence-electron chi connectivity index (χ2n) is 6.94. The van der Waals surface area contributed by atoms with E-state index in [1.54, 1.807) is 42.5 Å². The molecule has 8 nitrogen and oxygen atoms in total. The lowest BCUT2D eigenvalue weighted by atomic mass is 10.2. The SMILES string of the molecule is CC[C@H](C)NC(=O)Cn1c(=O)n(-c2ccc(OC)cc2OC)c(=O)c2ccccc21. The third-order valence-electron chi connectivity index (χ3n) is 5.00. The van der Waals surface area contributed by atoms with E-state index in [0.29, 0.717) is 22.4 Å². The van der Waals surface area contributed by atoms with Crippen molar-refractivity contribution in [3.8, 4) is 17.2 Å². The summed E-state index contributed by atoms with van der Waals surface area (Å²) in [6.45, 7) is 3.65. The number of carbonyl (C=O) groups excluding carboxylic acids is 1. The molecule has 0 unspecified atom stereocenters. The standard InChI is InChI=1S/C22H25N3O5/c1-5-14(2)23-20(26)13-24-17-9-7-6-8-16(17)21(27)25(22(24)28)18-11-10-15(29-3)12-19(18)30-4/h6-12,14H,5,13H2,1-4H3,(H,23,26)/t14-/m0/s1. The molecule has 2 aromatic carbocycles. The topological polar surface area (TPSA) is 91.6 Å². The van der Waals surface area contributed by atoms with Gasteiger partial charge in [-0.05, 0) is 37.6 Å². The molecule has 1 N–H and O–H groups in total. The van der Waals surface area contributed by atoms with E-state index >= 15 is 0 Å². The fraction of sp³-hybridized carbons (Fsp3) is 0.318. The number of para-hydroxylation sites is 1. The van der Waals surface area contributed by atoms with Crippen molar-refractivity contribution in [2.75, 3.05) is 14.2 Å². The average Bonchev–Trinajstić information content (AvgIpc) is 2.76. The Hall–Kier alpha value is -3.55. The van der Waals surface area contributed by atoms with Gasteiger partial charge in [0.1, 0.15) is 18.0 Å². The van der Waals surface area contributed by atoms with E-state index in [1.807, 2.05) is 13.8 Å². The predicted molar refractivity (Wildman–Crippen MR) is 115 cm³/mol. The molecule has 0 radical (unpaired) electrons. The Labute approximate surface area is 173 Å². The van der Waals surface area contributed by atoms with Gasteiger partial charge in [-0.15, -0.1) is 0 Å². The predicted octanol–water partition coefficient (Wildman–Crippen LogP) is 2.08. The van der Waals surface area contributed by atoms with Gasteiger partial charge in [0.2, 0.25) is 5.91 Å². The molecule has 0 bridgehead atoms. The van der Waals surface area contributed by atoms with E-state index < -0.39 is 11.2 Å². The van der Waals surface area contributed by atoms with Gasteiger partial charge in [-0.3, -0.25) is 14.2 Å². The fourth-order valence-electron chi connectivity index (χ4n) is 3.22. The molecule has 1 atom stereocenters. The van der Waals surface area contributed by atoms with Crippen LogP contribution in [0.25, 0.3) is 16.6 Å². The summed E-state index contributed by atoms with van der Waals surface area (Å²) in [5.41, 5.74) is -0.440. The van der Waals surface area contributed by atoms with Crippen LogP contribution in [0.3, 0.4) is 0 Å². The molecule has 0 aliphatic carbocycles. The third-order valence-corrected chi connectivity index (χ3v) is 5.00. The number of nitrogens with zero attached hydrogens (tertiary/aromatic N) is 2. The molecular weight excluding hydrogens is 386 g/mol. The number of rotatable bonds is 7. The Morgan fingerprint density at radius 1 is 1.10 bits per heavy atom. The van der Waals surface area contributed by atoms with Crippen molar-refractivity contribution in [3.05, 3.63) is 63.3 Å². The van der Waals surface area contributed by atoms with E-state index in [0.717, 1.165) is 11.0 Å². The monoisotopic (exact) mass is 411 g/mol. The number of amides is 1. The summed E-state index contributed by atoms with van der Waals surface area (Å²) in [5, 5.41) is 3.18. The van der Waals surface area contributed by atoms with Crippen molar-refractivity contribution < 1.29 is 14.3 Å². The van der Waals surface area contributed by atoms with Crippen LogP contribution in [0.1, 0.15) is 20.3 Å². The van der Waals surface area contributed by atoms with Crippen LogP contribution >= 0.6 is 0 Å². The average molecular weight is 411 g/mol. The molecule has 8 heteroatoms. The number of hydrogen-bond donors (Lipinski definition) is 1. The van der Waals surface area contributed by atoms with Crippen LogP contribution in [0.5, 0.6) is 11.5 Å². The number of aromatic nitrogens is 2. The van der Waals surface area contributed by atoms with E-state index in [-0.39, 0.29) is 24.2 Å². The Bertz CT molecular complexity index is 1200. The number of methoxy groups -OCH3 is 2. The van der Waals surface area contributed by atoms with Gasteiger partial charge in [-0.1, -0.05) is 19.1 Å². The maximum atomic E-state index is 13.4. The van der Waals surface area contributed by atoms with Crippen LogP contribution in [0.2, 0.25) is 0 Å². The van der Waals surface area contributed by atoms with E-state index in [4.69, 9.17) is 9.47 Å². The molecule has 1 aromatic heterocycles. The molecule has 158 valence electrons. The van der Waals surface area contributed by atoms with Crippen LogP contribution in [0.15, 0.2) is 52.1 Å². The Morgan fingerprint density at radius 2 is 1.83 bits per heavy atom. The highest BCUT2D eigenvalue weighted by atomic mass is 16.5. The molecule has 0 spiro atoms. The first-order valence-corrected chi connectivity index (χ1v) is 9.67. The normalized spacial score (nSPS) is 11.9. The Morgan fingerprint density at radius 3 is 2.50 bits per heavy atom. The van der Waals surface area contributed by atoms with Crippen molar-refractivity contribution in [2.24, 2.45) is 0 Å². The molecule has 30 heavy (non-hydrogen) atoms. The second-order valence-corrected chi connectivity index (χ2v) is 6.94. The zero-order valence-electron chi connectivity index (χ0n) is 17.5. The van der Waals surface area contributed by atoms with Gasteiger partial charge >= 0.3 is 5.69 Å². The van der Waals surface area contributed by atoms with Gasteiger partial charge in [0.15, 0.2) is 0 Å². The Balaban J connectivity index is 2.26. The highest BCUT2D eigenvalue weighted by molar-refractivity contribution is 5.82. The van der Waals surface area contributed by atoms with Crippen molar-refractivity contribution in [1.82, 2.24) is 14.5 Å². The minimum Gasteiger partial charge on any atom is -0.497 e. The van der Waals surface area contributed by atoms with Gasteiger partial charge in [-0.25, -0.2) is 9.36 Å². The molecule has 0 saturated carbocycles.